The fourth-order valence-corrected chi connectivity index (χ4v) is 1.52. The number of methoxy groups -OCH3 is 1. The molecule has 0 aliphatic rings. The zero-order valence-electron chi connectivity index (χ0n) is 12.2. The standard InChI is InChI=1S/C15H22N2O3/c1-15(2,19-3)11-17-9-13(18)10-20-14-6-4-5-12(7-14)8-16/h4-7,13,17-18H,9-11H2,1-3H3. The molecule has 1 unspecified atom stereocenters. The van der Waals surface area contributed by atoms with Crippen LogP contribution < -0.4 is 10.1 Å². The third-order valence-electron chi connectivity index (χ3n) is 2.89. The van der Waals surface area contributed by atoms with Gasteiger partial charge < -0.3 is 19.9 Å². The topological polar surface area (TPSA) is 74.5 Å². The van der Waals surface area contributed by atoms with Crippen LogP contribution in [0.15, 0.2) is 24.3 Å². The second kappa shape index (κ2) is 7.85. The molecule has 5 heteroatoms. The van der Waals surface area contributed by atoms with Crippen molar-refractivity contribution in [2.75, 3.05) is 26.8 Å². The second-order valence-corrected chi connectivity index (χ2v) is 5.20. The van der Waals surface area contributed by atoms with E-state index in [1.807, 2.05) is 19.9 Å². The molecule has 0 spiro atoms. The summed E-state index contributed by atoms with van der Waals surface area (Å²) in [6, 6.07) is 8.91. The molecular formula is C15H22N2O3. The summed E-state index contributed by atoms with van der Waals surface area (Å²) in [6.45, 7) is 5.18. The summed E-state index contributed by atoms with van der Waals surface area (Å²) in [5, 5.41) is 21.7. The number of ether oxygens (including phenoxy) is 2. The predicted molar refractivity (Wildman–Crippen MR) is 76.6 cm³/mol. The smallest absolute Gasteiger partial charge is 0.120 e. The van der Waals surface area contributed by atoms with Crippen LogP contribution in [0.25, 0.3) is 0 Å². The van der Waals surface area contributed by atoms with E-state index in [4.69, 9.17) is 14.7 Å². The van der Waals surface area contributed by atoms with Gasteiger partial charge in [-0.05, 0) is 32.0 Å². The van der Waals surface area contributed by atoms with Crippen LogP contribution in [0, 0.1) is 11.3 Å². The molecule has 0 aliphatic heterocycles. The molecule has 0 fully saturated rings. The Hall–Kier alpha value is -1.61. The molecule has 1 atom stereocenters. The maximum absolute atomic E-state index is 9.81. The second-order valence-electron chi connectivity index (χ2n) is 5.20. The highest BCUT2D eigenvalue weighted by molar-refractivity contribution is 5.36. The molecular weight excluding hydrogens is 256 g/mol. The Bertz CT molecular complexity index is 455. The van der Waals surface area contributed by atoms with Gasteiger partial charge in [-0.1, -0.05) is 6.07 Å². The van der Waals surface area contributed by atoms with Crippen LogP contribution >= 0.6 is 0 Å². The Labute approximate surface area is 120 Å². The average Bonchev–Trinajstić information content (AvgIpc) is 2.45. The quantitative estimate of drug-likeness (QED) is 0.750. The monoisotopic (exact) mass is 278 g/mol. The third-order valence-corrected chi connectivity index (χ3v) is 2.89. The Morgan fingerprint density at radius 2 is 2.20 bits per heavy atom. The number of hydrogen-bond donors (Lipinski definition) is 2. The number of aliphatic hydroxyl groups is 1. The summed E-state index contributed by atoms with van der Waals surface area (Å²) in [6.07, 6.45) is -0.617. The van der Waals surface area contributed by atoms with E-state index < -0.39 is 6.10 Å². The summed E-state index contributed by atoms with van der Waals surface area (Å²) < 4.78 is 10.7. The van der Waals surface area contributed by atoms with Gasteiger partial charge in [-0.25, -0.2) is 0 Å². The van der Waals surface area contributed by atoms with Crippen LogP contribution in [-0.4, -0.2) is 43.6 Å². The Morgan fingerprint density at radius 3 is 2.85 bits per heavy atom. The molecule has 0 amide bonds. The maximum Gasteiger partial charge on any atom is 0.120 e. The van der Waals surface area contributed by atoms with Crippen molar-refractivity contribution < 1.29 is 14.6 Å². The maximum atomic E-state index is 9.81. The Balaban J connectivity index is 2.29. The first kappa shape index (κ1) is 16.4. The van der Waals surface area contributed by atoms with Gasteiger partial charge in [-0.15, -0.1) is 0 Å². The van der Waals surface area contributed by atoms with Gasteiger partial charge >= 0.3 is 0 Å². The van der Waals surface area contributed by atoms with E-state index in [0.717, 1.165) is 0 Å². The summed E-state index contributed by atoms with van der Waals surface area (Å²) in [5.41, 5.74) is 0.277. The lowest BCUT2D eigenvalue weighted by atomic mass is 10.1. The van der Waals surface area contributed by atoms with Gasteiger partial charge in [0, 0.05) is 20.2 Å². The van der Waals surface area contributed by atoms with Crippen molar-refractivity contribution in [2.45, 2.75) is 25.6 Å². The minimum absolute atomic E-state index is 0.176. The van der Waals surface area contributed by atoms with Gasteiger partial charge in [0.05, 0.1) is 17.2 Å². The van der Waals surface area contributed by atoms with E-state index in [1.165, 1.54) is 0 Å². The van der Waals surface area contributed by atoms with Gasteiger partial charge in [0.25, 0.3) is 0 Å². The number of aliphatic hydroxyl groups excluding tert-OH is 1. The molecule has 0 saturated heterocycles. The molecule has 1 rings (SSSR count). The van der Waals surface area contributed by atoms with E-state index in [2.05, 4.69) is 5.32 Å². The summed E-state index contributed by atoms with van der Waals surface area (Å²) in [7, 11) is 1.66. The van der Waals surface area contributed by atoms with E-state index >= 15 is 0 Å². The highest BCUT2D eigenvalue weighted by atomic mass is 16.5. The number of rotatable bonds is 8. The van der Waals surface area contributed by atoms with Gasteiger partial charge in [-0.2, -0.15) is 5.26 Å². The Morgan fingerprint density at radius 1 is 1.45 bits per heavy atom. The first-order chi connectivity index (χ1) is 9.46. The first-order valence-corrected chi connectivity index (χ1v) is 6.54. The summed E-state index contributed by atoms with van der Waals surface area (Å²) in [4.78, 5) is 0. The van der Waals surface area contributed by atoms with E-state index in [9.17, 15) is 5.11 Å². The van der Waals surface area contributed by atoms with Crippen LogP contribution in [0.4, 0.5) is 0 Å². The van der Waals surface area contributed by atoms with Crippen LogP contribution in [0.1, 0.15) is 19.4 Å². The summed E-state index contributed by atoms with van der Waals surface area (Å²) >= 11 is 0. The van der Waals surface area contributed by atoms with Crippen molar-refractivity contribution in [1.82, 2.24) is 5.32 Å². The molecule has 0 heterocycles. The number of nitriles is 1. The number of nitrogens with one attached hydrogen (secondary N) is 1. The third kappa shape index (κ3) is 6.02. The van der Waals surface area contributed by atoms with Crippen molar-refractivity contribution >= 4 is 0 Å². The fourth-order valence-electron chi connectivity index (χ4n) is 1.52. The van der Waals surface area contributed by atoms with E-state index in [-0.39, 0.29) is 12.2 Å². The van der Waals surface area contributed by atoms with Gasteiger partial charge in [0.2, 0.25) is 0 Å². The zero-order valence-corrected chi connectivity index (χ0v) is 12.2. The molecule has 5 nitrogen and oxygen atoms in total. The molecule has 0 saturated carbocycles. The minimum Gasteiger partial charge on any atom is -0.491 e. The van der Waals surface area contributed by atoms with Crippen molar-refractivity contribution in [3.05, 3.63) is 29.8 Å². The SMILES string of the molecule is COC(C)(C)CNCC(O)COc1cccc(C#N)c1. The fraction of sp³-hybridized carbons (Fsp3) is 0.533. The number of nitrogens with zero attached hydrogens (tertiary/aromatic N) is 1. The molecule has 1 aromatic carbocycles. The minimum atomic E-state index is -0.617. The van der Waals surface area contributed by atoms with Crippen molar-refractivity contribution in [1.29, 1.82) is 5.26 Å². The van der Waals surface area contributed by atoms with Crippen LogP contribution in [-0.2, 0) is 4.74 Å². The number of hydrogen-bond acceptors (Lipinski definition) is 5. The van der Waals surface area contributed by atoms with Crippen molar-refractivity contribution in [3.63, 3.8) is 0 Å². The largest absolute Gasteiger partial charge is 0.491 e. The van der Waals surface area contributed by atoms with Crippen molar-refractivity contribution in [3.8, 4) is 11.8 Å². The zero-order chi connectivity index (χ0) is 15.0. The van der Waals surface area contributed by atoms with Crippen LogP contribution in [0.5, 0.6) is 5.75 Å². The Kier molecular flexibility index (Phi) is 6.46. The highest BCUT2D eigenvalue weighted by Gasteiger charge is 2.16. The molecule has 0 aliphatic carbocycles. The number of benzene rings is 1. The normalized spacial score (nSPS) is 12.8. The lowest BCUT2D eigenvalue weighted by Crippen LogP contribution is -2.41. The van der Waals surface area contributed by atoms with Crippen LogP contribution in [0.3, 0.4) is 0 Å². The molecule has 110 valence electrons. The summed E-state index contributed by atoms with van der Waals surface area (Å²) in [5.74, 6) is 0.584. The van der Waals surface area contributed by atoms with Gasteiger partial charge in [0.1, 0.15) is 18.5 Å². The van der Waals surface area contributed by atoms with Gasteiger partial charge in [0.15, 0.2) is 0 Å². The molecule has 2 N–H and O–H groups in total. The van der Waals surface area contributed by atoms with E-state index in [0.29, 0.717) is 24.4 Å². The average molecular weight is 278 g/mol. The molecule has 0 aromatic heterocycles. The molecule has 0 bridgehead atoms. The highest BCUT2D eigenvalue weighted by Crippen LogP contribution is 2.12. The van der Waals surface area contributed by atoms with Crippen LogP contribution in [0.2, 0.25) is 0 Å². The lowest BCUT2D eigenvalue weighted by Gasteiger charge is -2.24. The van der Waals surface area contributed by atoms with E-state index in [1.54, 1.807) is 31.4 Å². The van der Waals surface area contributed by atoms with Crippen molar-refractivity contribution in [2.24, 2.45) is 0 Å². The molecule has 0 radical (unpaired) electrons. The first-order valence-electron chi connectivity index (χ1n) is 6.54. The lowest BCUT2D eigenvalue weighted by molar-refractivity contribution is 0.0191. The molecule has 1 aromatic rings. The molecule has 20 heavy (non-hydrogen) atoms. The predicted octanol–water partition coefficient (Wildman–Crippen LogP) is 1.31. The van der Waals surface area contributed by atoms with Gasteiger partial charge in [-0.3, -0.25) is 0 Å².